The molecule has 0 atom stereocenters. The average Bonchev–Trinajstić information content (AvgIpc) is 2.57. The summed E-state index contributed by atoms with van der Waals surface area (Å²) in [7, 11) is 0. The van der Waals surface area contributed by atoms with E-state index >= 15 is 0 Å². The first-order valence-corrected chi connectivity index (χ1v) is 5.50. The molecule has 0 aliphatic carbocycles. The molecule has 0 spiro atoms. The molecule has 4 heteroatoms. The largest absolute Gasteiger partial charge is 0.303 e. The highest BCUT2D eigenvalue weighted by atomic mass is 32.2. The Morgan fingerprint density at radius 2 is 2.58 bits per heavy atom. The monoisotopic (exact) mass is 201 g/mol. The van der Waals surface area contributed by atoms with Gasteiger partial charge in [0.1, 0.15) is 6.29 Å². The van der Waals surface area contributed by atoms with Gasteiger partial charge in [-0.15, -0.1) is 11.3 Å². The van der Waals surface area contributed by atoms with Gasteiger partial charge in [0.05, 0.1) is 4.21 Å². The number of aldehydes is 1. The van der Waals surface area contributed by atoms with Crippen molar-refractivity contribution in [3.8, 4) is 0 Å². The minimum absolute atomic E-state index is 0.651. The van der Waals surface area contributed by atoms with Crippen molar-refractivity contribution in [1.82, 2.24) is 4.72 Å². The highest BCUT2D eigenvalue weighted by Crippen LogP contribution is 2.19. The van der Waals surface area contributed by atoms with Gasteiger partial charge in [-0.2, -0.15) is 0 Å². The Bertz CT molecular complexity index is 211. The normalized spacial score (nSPS) is 10.0. The van der Waals surface area contributed by atoms with Crippen LogP contribution in [0.15, 0.2) is 21.7 Å². The van der Waals surface area contributed by atoms with Gasteiger partial charge in [0, 0.05) is 13.0 Å². The Hall–Kier alpha value is -0.320. The molecule has 0 aliphatic rings. The molecule has 66 valence electrons. The van der Waals surface area contributed by atoms with E-state index < -0.39 is 0 Å². The average molecular weight is 201 g/mol. The molecule has 0 saturated heterocycles. The van der Waals surface area contributed by atoms with Crippen LogP contribution in [0.3, 0.4) is 0 Å². The van der Waals surface area contributed by atoms with Crippen LogP contribution in [-0.2, 0) is 4.79 Å². The lowest BCUT2D eigenvalue weighted by molar-refractivity contribution is -0.107. The van der Waals surface area contributed by atoms with Crippen LogP contribution < -0.4 is 4.72 Å². The number of rotatable bonds is 6. The summed E-state index contributed by atoms with van der Waals surface area (Å²) >= 11 is 3.35. The Kier molecular flexibility index (Phi) is 5.07. The van der Waals surface area contributed by atoms with Gasteiger partial charge in [-0.25, -0.2) is 0 Å². The fourth-order valence-corrected chi connectivity index (χ4v) is 2.22. The third kappa shape index (κ3) is 3.90. The minimum atomic E-state index is 0.651. The number of hydrogen-bond donors (Lipinski definition) is 1. The molecule has 0 fully saturated rings. The van der Waals surface area contributed by atoms with Crippen molar-refractivity contribution in [1.29, 1.82) is 0 Å². The van der Waals surface area contributed by atoms with Crippen LogP contribution in [-0.4, -0.2) is 12.8 Å². The van der Waals surface area contributed by atoms with Crippen molar-refractivity contribution in [3.05, 3.63) is 17.5 Å². The molecule has 2 nitrogen and oxygen atoms in total. The van der Waals surface area contributed by atoms with Gasteiger partial charge >= 0.3 is 0 Å². The van der Waals surface area contributed by atoms with Gasteiger partial charge in [0.15, 0.2) is 0 Å². The van der Waals surface area contributed by atoms with E-state index in [0.717, 1.165) is 19.3 Å². The van der Waals surface area contributed by atoms with Crippen molar-refractivity contribution in [3.63, 3.8) is 0 Å². The van der Waals surface area contributed by atoms with Crippen molar-refractivity contribution >= 4 is 29.6 Å². The maximum absolute atomic E-state index is 9.96. The number of carbonyl (C=O) groups is 1. The lowest BCUT2D eigenvalue weighted by Gasteiger charge is -1.98. The van der Waals surface area contributed by atoms with Crippen LogP contribution in [0, 0.1) is 0 Å². The quantitative estimate of drug-likeness (QED) is 0.435. The molecular formula is C8H11NOS2. The molecular weight excluding hydrogens is 190 g/mol. The summed E-state index contributed by atoms with van der Waals surface area (Å²) in [6, 6.07) is 4.10. The van der Waals surface area contributed by atoms with Gasteiger partial charge in [0.25, 0.3) is 0 Å². The molecule has 1 aromatic heterocycles. The SMILES string of the molecule is O=CCCCNSc1cccs1. The van der Waals surface area contributed by atoms with E-state index in [1.54, 1.807) is 23.3 Å². The van der Waals surface area contributed by atoms with Gasteiger partial charge in [-0.3, -0.25) is 4.72 Å². The smallest absolute Gasteiger partial charge is 0.120 e. The van der Waals surface area contributed by atoms with Crippen LogP contribution in [0.25, 0.3) is 0 Å². The predicted molar refractivity (Wildman–Crippen MR) is 53.5 cm³/mol. The fraction of sp³-hybridized carbons (Fsp3) is 0.375. The molecule has 1 heterocycles. The zero-order chi connectivity index (χ0) is 8.65. The van der Waals surface area contributed by atoms with E-state index in [1.165, 1.54) is 4.21 Å². The lowest BCUT2D eigenvalue weighted by Crippen LogP contribution is -2.04. The summed E-state index contributed by atoms with van der Waals surface area (Å²) in [5.74, 6) is 0. The zero-order valence-corrected chi connectivity index (χ0v) is 8.29. The summed E-state index contributed by atoms with van der Waals surface area (Å²) in [6.45, 7) is 0.890. The summed E-state index contributed by atoms with van der Waals surface area (Å²) in [4.78, 5) is 9.96. The second kappa shape index (κ2) is 6.22. The molecule has 1 rings (SSSR count). The fourth-order valence-electron chi connectivity index (χ4n) is 0.701. The Balaban J connectivity index is 2.00. The molecule has 0 unspecified atom stereocenters. The Morgan fingerprint density at radius 3 is 3.25 bits per heavy atom. The van der Waals surface area contributed by atoms with Crippen molar-refractivity contribution in [2.45, 2.75) is 17.1 Å². The second-order valence-corrected chi connectivity index (χ2v) is 4.38. The standard InChI is InChI=1S/C8H11NOS2/c10-6-2-1-5-9-12-8-4-3-7-11-8/h3-4,6-7,9H,1-2,5H2. The van der Waals surface area contributed by atoms with Crippen LogP contribution in [0.5, 0.6) is 0 Å². The first-order valence-electron chi connectivity index (χ1n) is 3.80. The highest BCUT2D eigenvalue weighted by molar-refractivity contribution is 7.99. The molecule has 1 aromatic rings. The lowest BCUT2D eigenvalue weighted by atomic mass is 10.3. The molecule has 0 saturated carbocycles. The van der Waals surface area contributed by atoms with E-state index in [4.69, 9.17) is 0 Å². The van der Waals surface area contributed by atoms with Gasteiger partial charge < -0.3 is 4.79 Å². The first-order chi connectivity index (χ1) is 5.93. The number of nitrogens with one attached hydrogen (secondary N) is 1. The number of unbranched alkanes of at least 4 members (excludes halogenated alkanes) is 1. The molecule has 0 amide bonds. The molecule has 1 N–H and O–H groups in total. The van der Waals surface area contributed by atoms with E-state index in [9.17, 15) is 4.79 Å². The molecule has 0 aromatic carbocycles. The Morgan fingerprint density at radius 1 is 1.67 bits per heavy atom. The summed E-state index contributed by atoms with van der Waals surface area (Å²) in [5.41, 5.74) is 0. The first kappa shape index (κ1) is 9.77. The molecule has 0 aliphatic heterocycles. The van der Waals surface area contributed by atoms with Crippen LogP contribution in [0.2, 0.25) is 0 Å². The van der Waals surface area contributed by atoms with Crippen molar-refractivity contribution in [2.75, 3.05) is 6.54 Å². The minimum Gasteiger partial charge on any atom is -0.303 e. The third-order valence-electron chi connectivity index (χ3n) is 1.27. The maximum Gasteiger partial charge on any atom is 0.120 e. The van der Waals surface area contributed by atoms with E-state index in [2.05, 4.69) is 16.2 Å². The van der Waals surface area contributed by atoms with E-state index in [1.807, 2.05) is 6.07 Å². The number of carbonyl (C=O) groups excluding carboxylic acids is 1. The molecule has 0 radical (unpaired) electrons. The second-order valence-electron chi connectivity index (χ2n) is 2.24. The summed E-state index contributed by atoms with van der Waals surface area (Å²) in [6.07, 6.45) is 2.53. The number of thiophene rings is 1. The van der Waals surface area contributed by atoms with Crippen LogP contribution >= 0.6 is 23.3 Å². The van der Waals surface area contributed by atoms with E-state index in [-0.39, 0.29) is 0 Å². The molecule has 0 bridgehead atoms. The Labute approximate surface area is 80.5 Å². The third-order valence-corrected chi connectivity index (χ3v) is 3.15. The van der Waals surface area contributed by atoms with Crippen LogP contribution in [0.4, 0.5) is 0 Å². The zero-order valence-electron chi connectivity index (χ0n) is 6.66. The van der Waals surface area contributed by atoms with Crippen molar-refractivity contribution < 1.29 is 4.79 Å². The highest BCUT2D eigenvalue weighted by Gasteiger charge is 1.92. The van der Waals surface area contributed by atoms with Gasteiger partial charge in [0.2, 0.25) is 0 Å². The van der Waals surface area contributed by atoms with Crippen LogP contribution in [0.1, 0.15) is 12.8 Å². The number of hydrogen-bond acceptors (Lipinski definition) is 4. The van der Waals surface area contributed by atoms with Crippen molar-refractivity contribution in [2.24, 2.45) is 0 Å². The topological polar surface area (TPSA) is 29.1 Å². The van der Waals surface area contributed by atoms with Gasteiger partial charge in [-0.05, 0) is 29.8 Å². The summed E-state index contributed by atoms with van der Waals surface area (Å²) < 4.78 is 4.46. The van der Waals surface area contributed by atoms with E-state index in [0.29, 0.717) is 6.42 Å². The molecule has 12 heavy (non-hydrogen) atoms. The summed E-state index contributed by atoms with van der Waals surface area (Å²) in [5, 5.41) is 2.05. The maximum atomic E-state index is 9.96. The van der Waals surface area contributed by atoms with Gasteiger partial charge in [-0.1, -0.05) is 6.07 Å². The predicted octanol–water partition coefficient (Wildman–Crippen LogP) is 2.32.